The van der Waals surface area contributed by atoms with Crippen molar-refractivity contribution in [3.05, 3.63) is 59.0 Å². The van der Waals surface area contributed by atoms with Gasteiger partial charge in [-0.3, -0.25) is 9.20 Å². The Morgan fingerprint density at radius 1 is 1.21 bits per heavy atom. The number of pyridine rings is 1. The number of aryl methyl sites for hydroxylation is 2. The number of imidazole rings is 1. The molecule has 3 aromatic rings. The first-order valence-electron chi connectivity index (χ1n) is 7.74. The second-order valence-corrected chi connectivity index (χ2v) is 5.85. The molecule has 0 saturated heterocycles. The van der Waals surface area contributed by atoms with Crippen molar-refractivity contribution in [2.75, 3.05) is 6.79 Å². The van der Waals surface area contributed by atoms with Crippen LogP contribution in [-0.4, -0.2) is 22.1 Å². The highest BCUT2D eigenvalue weighted by Gasteiger charge is 2.17. The minimum atomic E-state index is -0.151. The summed E-state index contributed by atoms with van der Waals surface area (Å²) in [6.45, 7) is 4.50. The van der Waals surface area contributed by atoms with Crippen molar-refractivity contribution in [1.82, 2.24) is 14.7 Å². The standard InChI is InChI=1S/C18H17N3O3/c1-11-5-6-21-16(7-11)20-12(2)17(21)18(22)19-9-13-3-4-14-15(8-13)24-10-23-14/h3-8H,9-10H2,1-2H3,(H,19,22). The third kappa shape index (κ3) is 2.46. The van der Waals surface area contributed by atoms with Crippen molar-refractivity contribution in [2.24, 2.45) is 0 Å². The van der Waals surface area contributed by atoms with E-state index in [0.29, 0.717) is 23.7 Å². The van der Waals surface area contributed by atoms with E-state index in [2.05, 4.69) is 10.3 Å². The number of fused-ring (bicyclic) bond motifs is 2. The van der Waals surface area contributed by atoms with Crippen LogP contribution >= 0.6 is 0 Å². The van der Waals surface area contributed by atoms with Crippen LogP contribution in [0.15, 0.2) is 36.5 Å². The van der Waals surface area contributed by atoms with Crippen molar-refractivity contribution in [3.63, 3.8) is 0 Å². The lowest BCUT2D eigenvalue weighted by molar-refractivity contribution is 0.0944. The molecule has 0 saturated carbocycles. The minimum Gasteiger partial charge on any atom is -0.454 e. The maximum absolute atomic E-state index is 12.6. The van der Waals surface area contributed by atoms with Crippen LogP contribution in [-0.2, 0) is 6.54 Å². The Kier molecular flexibility index (Phi) is 3.37. The Labute approximate surface area is 139 Å². The summed E-state index contributed by atoms with van der Waals surface area (Å²) in [7, 11) is 0. The molecule has 0 atom stereocenters. The number of ether oxygens (including phenoxy) is 2. The number of aromatic nitrogens is 2. The molecule has 0 fully saturated rings. The van der Waals surface area contributed by atoms with E-state index in [1.165, 1.54) is 0 Å². The monoisotopic (exact) mass is 323 g/mol. The number of benzene rings is 1. The number of nitrogens with one attached hydrogen (secondary N) is 1. The van der Waals surface area contributed by atoms with E-state index in [1.807, 2.05) is 54.8 Å². The van der Waals surface area contributed by atoms with Crippen molar-refractivity contribution in [1.29, 1.82) is 0 Å². The van der Waals surface area contributed by atoms with Crippen LogP contribution in [0.5, 0.6) is 11.5 Å². The zero-order chi connectivity index (χ0) is 16.7. The minimum absolute atomic E-state index is 0.151. The Hall–Kier alpha value is -3.02. The van der Waals surface area contributed by atoms with Crippen LogP contribution < -0.4 is 14.8 Å². The van der Waals surface area contributed by atoms with E-state index >= 15 is 0 Å². The van der Waals surface area contributed by atoms with Gasteiger partial charge in [-0.15, -0.1) is 0 Å². The van der Waals surface area contributed by atoms with Crippen LogP contribution in [0.25, 0.3) is 5.65 Å². The molecule has 0 radical (unpaired) electrons. The highest BCUT2D eigenvalue weighted by atomic mass is 16.7. The maximum Gasteiger partial charge on any atom is 0.270 e. The summed E-state index contributed by atoms with van der Waals surface area (Å²) in [5.74, 6) is 1.29. The third-order valence-electron chi connectivity index (χ3n) is 4.06. The Bertz CT molecular complexity index is 946. The Balaban J connectivity index is 1.55. The van der Waals surface area contributed by atoms with Crippen LogP contribution in [0.3, 0.4) is 0 Å². The average Bonchev–Trinajstić information content (AvgIpc) is 3.14. The third-order valence-corrected chi connectivity index (χ3v) is 4.06. The molecule has 1 aliphatic heterocycles. The van der Waals surface area contributed by atoms with E-state index in [9.17, 15) is 4.79 Å². The normalized spacial score (nSPS) is 12.6. The molecular weight excluding hydrogens is 306 g/mol. The Morgan fingerprint density at radius 2 is 2.04 bits per heavy atom. The van der Waals surface area contributed by atoms with Gasteiger partial charge in [0.15, 0.2) is 11.5 Å². The highest BCUT2D eigenvalue weighted by Crippen LogP contribution is 2.32. The van der Waals surface area contributed by atoms with E-state index in [-0.39, 0.29) is 12.7 Å². The molecule has 1 aliphatic rings. The topological polar surface area (TPSA) is 64.9 Å². The molecule has 1 aromatic carbocycles. The zero-order valence-corrected chi connectivity index (χ0v) is 13.5. The van der Waals surface area contributed by atoms with E-state index in [0.717, 1.165) is 22.5 Å². The number of rotatable bonds is 3. The van der Waals surface area contributed by atoms with Crippen LogP contribution in [0.4, 0.5) is 0 Å². The van der Waals surface area contributed by atoms with Gasteiger partial charge in [-0.1, -0.05) is 6.07 Å². The lowest BCUT2D eigenvalue weighted by atomic mass is 10.2. The molecule has 1 N–H and O–H groups in total. The molecule has 6 nitrogen and oxygen atoms in total. The van der Waals surface area contributed by atoms with Gasteiger partial charge in [0.05, 0.1) is 5.69 Å². The van der Waals surface area contributed by atoms with Gasteiger partial charge in [0.25, 0.3) is 5.91 Å². The fourth-order valence-electron chi connectivity index (χ4n) is 2.85. The van der Waals surface area contributed by atoms with Gasteiger partial charge >= 0.3 is 0 Å². The van der Waals surface area contributed by atoms with E-state index in [1.54, 1.807) is 0 Å². The van der Waals surface area contributed by atoms with Gasteiger partial charge in [-0.25, -0.2) is 4.98 Å². The van der Waals surface area contributed by atoms with Gasteiger partial charge in [0.1, 0.15) is 11.3 Å². The van der Waals surface area contributed by atoms with E-state index in [4.69, 9.17) is 9.47 Å². The maximum atomic E-state index is 12.6. The molecule has 4 rings (SSSR count). The van der Waals surface area contributed by atoms with Gasteiger partial charge in [0.2, 0.25) is 6.79 Å². The molecule has 122 valence electrons. The molecular formula is C18H17N3O3. The number of hydrogen-bond donors (Lipinski definition) is 1. The average molecular weight is 323 g/mol. The second kappa shape index (κ2) is 5.56. The second-order valence-electron chi connectivity index (χ2n) is 5.85. The first-order valence-corrected chi connectivity index (χ1v) is 7.74. The SMILES string of the molecule is Cc1ccn2c(C(=O)NCc3ccc4c(c3)OCO4)c(C)nc2c1. The summed E-state index contributed by atoms with van der Waals surface area (Å²) >= 11 is 0. The van der Waals surface area contributed by atoms with Crippen molar-refractivity contribution >= 4 is 11.6 Å². The Morgan fingerprint density at radius 3 is 2.92 bits per heavy atom. The summed E-state index contributed by atoms with van der Waals surface area (Å²) in [6, 6.07) is 9.57. The molecule has 2 aromatic heterocycles. The van der Waals surface area contributed by atoms with Crippen molar-refractivity contribution in [2.45, 2.75) is 20.4 Å². The zero-order valence-electron chi connectivity index (χ0n) is 13.5. The number of hydrogen-bond acceptors (Lipinski definition) is 4. The number of nitrogens with zero attached hydrogens (tertiary/aromatic N) is 2. The number of carbonyl (C=O) groups is 1. The lowest BCUT2D eigenvalue weighted by Gasteiger charge is -2.07. The highest BCUT2D eigenvalue weighted by molar-refractivity contribution is 5.94. The first-order chi connectivity index (χ1) is 11.6. The quantitative estimate of drug-likeness (QED) is 0.805. The van der Waals surface area contributed by atoms with Crippen molar-refractivity contribution in [3.8, 4) is 11.5 Å². The predicted octanol–water partition coefficient (Wildman–Crippen LogP) is 2.61. The van der Waals surface area contributed by atoms with Gasteiger partial charge in [-0.2, -0.15) is 0 Å². The summed E-state index contributed by atoms with van der Waals surface area (Å²) in [5.41, 5.74) is 4.12. The molecule has 24 heavy (non-hydrogen) atoms. The van der Waals surface area contributed by atoms with Gasteiger partial charge in [0, 0.05) is 12.7 Å². The van der Waals surface area contributed by atoms with E-state index < -0.39 is 0 Å². The molecule has 0 bridgehead atoms. The largest absolute Gasteiger partial charge is 0.454 e. The summed E-state index contributed by atoms with van der Waals surface area (Å²) in [4.78, 5) is 17.1. The molecule has 0 spiro atoms. The predicted molar refractivity (Wildman–Crippen MR) is 88.4 cm³/mol. The first kappa shape index (κ1) is 14.6. The smallest absolute Gasteiger partial charge is 0.270 e. The van der Waals surface area contributed by atoms with Crippen LogP contribution in [0.2, 0.25) is 0 Å². The molecule has 0 aliphatic carbocycles. The van der Waals surface area contributed by atoms with Crippen LogP contribution in [0.1, 0.15) is 27.3 Å². The molecule has 6 heteroatoms. The fraction of sp³-hybridized carbons (Fsp3) is 0.222. The molecule has 3 heterocycles. The summed E-state index contributed by atoms with van der Waals surface area (Å²) in [6.07, 6.45) is 1.88. The van der Waals surface area contributed by atoms with Crippen molar-refractivity contribution < 1.29 is 14.3 Å². The molecule has 1 amide bonds. The van der Waals surface area contributed by atoms with Gasteiger partial charge in [-0.05, 0) is 49.2 Å². The number of amides is 1. The molecule has 0 unspecified atom stereocenters. The van der Waals surface area contributed by atoms with Gasteiger partial charge < -0.3 is 14.8 Å². The fourth-order valence-corrected chi connectivity index (χ4v) is 2.85. The number of carbonyl (C=O) groups excluding carboxylic acids is 1. The summed E-state index contributed by atoms with van der Waals surface area (Å²) < 4.78 is 12.5. The summed E-state index contributed by atoms with van der Waals surface area (Å²) in [5, 5.41) is 2.94. The van der Waals surface area contributed by atoms with Crippen LogP contribution in [0, 0.1) is 13.8 Å². The lowest BCUT2D eigenvalue weighted by Crippen LogP contribution is -2.25.